The molecule has 0 bridgehead atoms. The van der Waals surface area contributed by atoms with Crippen LogP contribution in [-0.2, 0) is 0 Å². The summed E-state index contributed by atoms with van der Waals surface area (Å²) in [5.41, 5.74) is 3.66. The van der Waals surface area contributed by atoms with Crippen LogP contribution >= 0.6 is 0 Å². The van der Waals surface area contributed by atoms with Gasteiger partial charge in [-0.3, -0.25) is 4.79 Å². The predicted octanol–water partition coefficient (Wildman–Crippen LogP) is 3.50. The van der Waals surface area contributed by atoms with Gasteiger partial charge in [-0.25, -0.2) is 4.98 Å². The van der Waals surface area contributed by atoms with Crippen molar-refractivity contribution in [3.8, 4) is 34.1 Å². The first-order valence-electron chi connectivity index (χ1n) is 9.85. The normalized spacial score (nSPS) is 10.9. The third-order valence-corrected chi connectivity index (χ3v) is 5.05. The van der Waals surface area contributed by atoms with E-state index in [0.717, 1.165) is 30.1 Å². The fraction of sp³-hybridized carbons (Fsp3) is 0.217. The highest BCUT2D eigenvalue weighted by Crippen LogP contribution is 2.34. The summed E-state index contributed by atoms with van der Waals surface area (Å²) in [4.78, 5) is 20.3. The highest BCUT2D eigenvalue weighted by atomic mass is 16.5. The number of anilines is 1. The summed E-state index contributed by atoms with van der Waals surface area (Å²) in [6, 6.07) is 10.9. The summed E-state index contributed by atoms with van der Waals surface area (Å²) in [7, 11) is 5.11. The van der Waals surface area contributed by atoms with Crippen LogP contribution in [0.15, 0.2) is 58.2 Å². The molecule has 4 aromatic rings. The number of nitrogens with one attached hydrogen (secondary N) is 3. The van der Waals surface area contributed by atoms with Gasteiger partial charge in [0, 0.05) is 41.9 Å². The first-order valence-corrected chi connectivity index (χ1v) is 9.85. The van der Waals surface area contributed by atoms with E-state index in [4.69, 9.17) is 13.9 Å². The summed E-state index contributed by atoms with van der Waals surface area (Å²) in [6.07, 6.45) is 2.93. The highest BCUT2D eigenvalue weighted by molar-refractivity contribution is 5.89. The number of benzene rings is 2. The van der Waals surface area contributed by atoms with E-state index < -0.39 is 0 Å². The second kappa shape index (κ2) is 8.93. The number of rotatable bonds is 8. The molecule has 0 fully saturated rings. The van der Waals surface area contributed by atoms with Crippen LogP contribution in [0.25, 0.3) is 33.5 Å². The summed E-state index contributed by atoms with van der Waals surface area (Å²) < 4.78 is 16.4. The van der Waals surface area contributed by atoms with E-state index in [-0.39, 0.29) is 5.43 Å². The Morgan fingerprint density at radius 1 is 1.06 bits per heavy atom. The fourth-order valence-corrected chi connectivity index (χ4v) is 3.48. The van der Waals surface area contributed by atoms with Crippen molar-refractivity contribution in [3.05, 3.63) is 59.2 Å². The molecule has 31 heavy (non-hydrogen) atoms. The number of methoxy groups -OCH3 is 2. The van der Waals surface area contributed by atoms with Gasteiger partial charge >= 0.3 is 0 Å². The van der Waals surface area contributed by atoms with Crippen molar-refractivity contribution in [2.75, 3.05) is 39.7 Å². The van der Waals surface area contributed by atoms with Gasteiger partial charge in [0.25, 0.3) is 0 Å². The summed E-state index contributed by atoms with van der Waals surface area (Å²) in [5, 5.41) is 6.99. The molecule has 0 aliphatic heterocycles. The number of ether oxygens (including phenoxy) is 2. The molecule has 0 amide bonds. The van der Waals surface area contributed by atoms with Crippen molar-refractivity contribution < 1.29 is 13.9 Å². The Morgan fingerprint density at radius 3 is 2.61 bits per heavy atom. The monoisotopic (exact) mass is 420 g/mol. The molecule has 0 spiro atoms. The molecule has 8 nitrogen and oxygen atoms in total. The van der Waals surface area contributed by atoms with Crippen molar-refractivity contribution in [3.63, 3.8) is 0 Å². The number of likely N-dealkylation sites (N-methyl/N-ethyl adjacent to an activating group) is 1. The lowest BCUT2D eigenvalue weighted by Crippen LogP contribution is -2.18. The van der Waals surface area contributed by atoms with Crippen LogP contribution in [0.3, 0.4) is 0 Å². The van der Waals surface area contributed by atoms with Gasteiger partial charge in [0.2, 0.25) is 0 Å². The standard InChI is InChI=1S/C23H24N4O4/c1-24-6-7-26-19-8-14(4-5-21(19)29-2)17-10-20(28)15-9-16(23-12-25-13-31-23)22(30-3)11-18(15)27-17/h4-5,8-13,24,26H,6-7H2,1-3H3,(H,27,28). The maximum absolute atomic E-state index is 13.0. The molecule has 0 saturated carbocycles. The molecule has 2 heterocycles. The number of hydrogen-bond acceptors (Lipinski definition) is 7. The van der Waals surface area contributed by atoms with E-state index in [0.29, 0.717) is 33.7 Å². The van der Waals surface area contributed by atoms with Crippen LogP contribution in [0.1, 0.15) is 0 Å². The van der Waals surface area contributed by atoms with Crippen molar-refractivity contribution in [1.29, 1.82) is 0 Å². The molecule has 0 saturated heterocycles. The van der Waals surface area contributed by atoms with Gasteiger partial charge in [-0.1, -0.05) is 0 Å². The predicted molar refractivity (Wildman–Crippen MR) is 121 cm³/mol. The third-order valence-electron chi connectivity index (χ3n) is 5.05. The second-order valence-electron chi connectivity index (χ2n) is 6.96. The van der Waals surface area contributed by atoms with Gasteiger partial charge in [0.05, 0.1) is 37.2 Å². The van der Waals surface area contributed by atoms with E-state index in [1.165, 1.54) is 6.39 Å². The lowest BCUT2D eigenvalue weighted by molar-refractivity contribution is 0.415. The molecule has 0 unspecified atom stereocenters. The Kier molecular flexibility index (Phi) is 5.90. The van der Waals surface area contributed by atoms with Crippen LogP contribution in [0.5, 0.6) is 11.5 Å². The van der Waals surface area contributed by atoms with Gasteiger partial charge in [-0.05, 0) is 31.3 Å². The number of pyridine rings is 1. The summed E-state index contributed by atoms with van der Waals surface area (Å²) >= 11 is 0. The number of nitrogens with zero attached hydrogens (tertiary/aromatic N) is 1. The molecular weight excluding hydrogens is 396 g/mol. The van der Waals surface area contributed by atoms with Gasteiger partial charge in [0.1, 0.15) is 11.5 Å². The summed E-state index contributed by atoms with van der Waals surface area (Å²) in [6.45, 7) is 1.56. The zero-order valence-electron chi connectivity index (χ0n) is 17.6. The number of aromatic amines is 1. The van der Waals surface area contributed by atoms with Crippen molar-refractivity contribution >= 4 is 16.6 Å². The molecule has 160 valence electrons. The number of aromatic nitrogens is 2. The molecule has 0 aliphatic carbocycles. The molecule has 3 N–H and O–H groups in total. The third kappa shape index (κ3) is 4.10. The minimum atomic E-state index is -0.104. The van der Waals surface area contributed by atoms with Crippen molar-refractivity contribution in [2.45, 2.75) is 0 Å². The molecule has 0 aliphatic rings. The van der Waals surface area contributed by atoms with Gasteiger partial charge in [-0.15, -0.1) is 0 Å². The van der Waals surface area contributed by atoms with Gasteiger partial charge < -0.3 is 29.5 Å². The van der Waals surface area contributed by atoms with Crippen LogP contribution in [0, 0.1) is 0 Å². The van der Waals surface area contributed by atoms with E-state index in [1.807, 2.05) is 25.2 Å². The minimum Gasteiger partial charge on any atom is -0.496 e. The Bertz CT molecular complexity index is 1250. The fourth-order valence-electron chi connectivity index (χ4n) is 3.48. The van der Waals surface area contributed by atoms with Crippen LogP contribution in [-0.4, -0.2) is 44.3 Å². The zero-order chi connectivity index (χ0) is 21.8. The van der Waals surface area contributed by atoms with Crippen LogP contribution in [0.2, 0.25) is 0 Å². The molecular formula is C23H24N4O4. The zero-order valence-corrected chi connectivity index (χ0v) is 17.6. The van der Waals surface area contributed by atoms with Gasteiger partial charge in [0.15, 0.2) is 17.6 Å². The molecule has 0 radical (unpaired) electrons. The number of fused-ring (bicyclic) bond motifs is 1. The number of oxazole rings is 1. The highest BCUT2D eigenvalue weighted by Gasteiger charge is 2.14. The lowest BCUT2D eigenvalue weighted by Gasteiger charge is -2.14. The first-order chi connectivity index (χ1) is 15.1. The number of hydrogen-bond donors (Lipinski definition) is 3. The Morgan fingerprint density at radius 2 is 1.90 bits per heavy atom. The van der Waals surface area contributed by atoms with Gasteiger partial charge in [-0.2, -0.15) is 0 Å². The van der Waals surface area contributed by atoms with E-state index in [9.17, 15) is 4.79 Å². The minimum absolute atomic E-state index is 0.104. The molecule has 2 aromatic heterocycles. The average Bonchev–Trinajstić information content (AvgIpc) is 3.33. The SMILES string of the molecule is CNCCNc1cc(-c2cc(=O)c3cc(-c4cnco4)c(OC)cc3[nH]2)ccc1OC. The van der Waals surface area contributed by atoms with E-state index in [1.54, 1.807) is 38.6 Å². The van der Waals surface area contributed by atoms with Crippen LogP contribution in [0.4, 0.5) is 5.69 Å². The molecule has 8 heteroatoms. The largest absolute Gasteiger partial charge is 0.496 e. The Labute approximate surface area is 179 Å². The summed E-state index contributed by atoms with van der Waals surface area (Å²) in [5.74, 6) is 1.86. The lowest BCUT2D eigenvalue weighted by atomic mass is 10.0. The topological polar surface area (TPSA) is 101 Å². The average molecular weight is 420 g/mol. The quantitative estimate of drug-likeness (QED) is 0.375. The van der Waals surface area contributed by atoms with Crippen LogP contribution < -0.4 is 25.5 Å². The van der Waals surface area contributed by atoms with Crippen molar-refractivity contribution in [1.82, 2.24) is 15.3 Å². The maximum Gasteiger partial charge on any atom is 0.190 e. The Balaban J connectivity index is 1.79. The van der Waals surface area contributed by atoms with Crippen molar-refractivity contribution in [2.24, 2.45) is 0 Å². The maximum atomic E-state index is 13.0. The Hall–Kier alpha value is -3.78. The molecule has 0 atom stereocenters. The second-order valence-corrected chi connectivity index (χ2v) is 6.96. The molecule has 4 rings (SSSR count). The molecule has 2 aromatic carbocycles. The van der Waals surface area contributed by atoms with E-state index >= 15 is 0 Å². The smallest absolute Gasteiger partial charge is 0.190 e. The van der Waals surface area contributed by atoms with E-state index in [2.05, 4.69) is 20.6 Å². The first kappa shape index (κ1) is 20.5. The number of H-pyrrole nitrogens is 1.